The predicted octanol–water partition coefficient (Wildman–Crippen LogP) is 1.22. The van der Waals surface area contributed by atoms with Crippen LogP contribution < -0.4 is 10.6 Å². The van der Waals surface area contributed by atoms with Gasteiger partial charge >= 0.3 is 0 Å². The van der Waals surface area contributed by atoms with E-state index < -0.39 is 0 Å². The van der Waals surface area contributed by atoms with Crippen LogP contribution in [0.4, 0.5) is 0 Å². The van der Waals surface area contributed by atoms with Crippen molar-refractivity contribution in [1.82, 2.24) is 15.2 Å². The molecule has 5 heteroatoms. The summed E-state index contributed by atoms with van der Waals surface area (Å²) in [6.45, 7) is 1.82. The van der Waals surface area contributed by atoms with Crippen molar-refractivity contribution >= 4 is 22.6 Å². The Bertz CT molecular complexity index is 691. The number of aromatic nitrogens is 1. The number of amides is 2. The topological polar surface area (TPSA) is 63.1 Å². The zero-order valence-corrected chi connectivity index (χ0v) is 11.0. The smallest absolute Gasteiger partial charge is 0.249 e. The van der Waals surface area contributed by atoms with Crippen LogP contribution in [0.15, 0.2) is 24.5 Å². The summed E-state index contributed by atoms with van der Waals surface area (Å²) in [7, 11) is 0. The molecule has 0 radical (unpaired) electrons. The summed E-state index contributed by atoms with van der Waals surface area (Å²) in [5, 5.41) is 8.04. The fourth-order valence-electron chi connectivity index (χ4n) is 3.12. The van der Waals surface area contributed by atoms with Crippen molar-refractivity contribution in [3.63, 3.8) is 0 Å². The van der Waals surface area contributed by atoms with Gasteiger partial charge in [-0.25, -0.2) is 0 Å². The second-order valence-corrected chi connectivity index (χ2v) is 5.53. The van der Waals surface area contributed by atoms with Gasteiger partial charge in [0, 0.05) is 31.9 Å². The molecule has 1 saturated heterocycles. The molecule has 1 atom stereocenters. The molecule has 0 aliphatic carbocycles. The third kappa shape index (κ3) is 1.74. The molecule has 3 heterocycles. The van der Waals surface area contributed by atoms with Gasteiger partial charge in [-0.05, 0) is 40.5 Å². The second kappa shape index (κ2) is 4.18. The fourth-order valence-corrected chi connectivity index (χ4v) is 3.12. The van der Waals surface area contributed by atoms with E-state index in [1.165, 1.54) is 11.1 Å². The highest BCUT2D eigenvalue weighted by molar-refractivity contribution is 5.99. The van der Waals surface area contributed by atoms with Gasteiger partial charge in [-0.2, -0.15) is 0 Å². The van der Waals surface area contributed by atoms with E-state index in [2.05, 4.69) is 22.8 Å². The predicted molar refractivity (Wildman–Crippen MR) is 73.9 cm³/mol. The Morgan fingerprint density at radius 1 is 1.05 bits per heavy atom. The Morgan fingerprint density at radius 3 is 2.30 bits per heavy atom. The summed E-state index contributed by atoms with van der Waals surface area (Å²) in [6.07, 6.45) is 5.00. The minimum absolute atomic E-state index is 0.173. The maximum absolute atomic E-state index is 11.9. The highest BCUT2D eigenvalue weighted by atomic mass is 16.2. The van der Waals surface area contributed by atoms with E-state index in [1.54, 1.807) is 0 Å². The van der Waals surface area contributed by atoms with Gasteiger partial charge in [0.1, 0.15) is 6.04 Å². The summed E-state index contributed by atoms with van der Waals surface area (Å²) in [6, 6.07) is 4.10. The standard InChI is InChI=1S/C15H15N3O2/c19-14-2-1-13(15(20)17-14)18-7-11-3-9-5-16-6-10(9)4-12(11)8-18/h3-4,7-8,13,16H,1-2,5-6H2,(H,17,19,20). The summed E-state index contributed by atoms with van der Waals surface area (Å²) in [5.74, 6) is -0.372. The average Bonchev–Trinajstić information content (AvgIpc) is 3.00. The largest absolute Gasteiger partial charge is 0.341 e. The van der Waals surface area contributed by atoms with Crippen LogP contribution in [0.1, 0.15) is 30.0 Å². The lowest BCUT2D eigenvalue weighted by Crippen LogP contribution is -2.41. The third-order valence-electron chi connectivity index (χ3n) is 4.18. The van der Waals surface area contributed by atoms with E-state index in [-0.39, 0.29) is 17.9 Å². The molecule has 1 aromatic carbocycles. The number of carbonyl (C=O) groups is 2. The van der Waals surface area contributed by atoms with Crippen molar-refractivity contribution in [2.45, 2.75) is 32.0 Å². The average molecular weight is 269 g/mol. The maximum atomic E-state index is 11.9. The van der Waals surface area contributed by atoms with Crippen LogP contribution in [0.25, 0.3) is 10.8 Å². The molecule has 2 aromatic rings. The number of nitrogens with one attached hydrogen (secondary N) is 2. The number of hydrogen-bond donors (Lipinski definition) is 2. The van der Waals surface area contributed by atoms with Crippen molar-refractivity contribution in [1.29, 1.82) is 0 Å². The zero-order chi connectivity index (χ0) is 13.7. The first-order valence-electron chi connectivity index (χ1n) is 6.88. The lowest BCUT2D eigenvalue weighted by Gasteiger charge is -2.21. The van der Waals surface area contributed by atoms with E-state index in [9.17, 15) is 9.59 Å². The van der Waals surface area contributed by atoms with Gasteiger partial charge in [0.15, 0.2) is 0 Å². The van der Waals surface area contributed by atoms with Crippen LogP contribution in [0, 0.1) is 0 Å². The van der Waals surface area contributed by atoms with Crippen LogP contribution in [0.2, 0.25) is 0 Å². The molecule has 1 fully saturated rings. The zero-order valence-electron chi connectivity index (χ0n) is 11.0. The Kier molecular flexibility index (Phi) is 2.44. The monoisotopic (exact) mass is 269 g/mol. The molecule has 0 spiro atoms. The van der Waals surface area contributed by atoms with Gasteiger partial charge in [-0.3, -0.25) is 14.9 Å². The van der Waals surface area contributed by atoms with E-state index in [4.69, 9.17) is 0 Å². The molecule has 4 rings (SSSR count). The van der Waals surface area contributed by atoms with Crippen molar-refractivity contribution in [2.24, 2.45) is 0 Å². The van der Waals surface area contributed by atoms with Crippen LogP contribution in [0.5, 0.6) is 0 Å². The first kappa shape index (κ1) is 11.7. The van der Waals surface area contributed by atoms with Gasteiger partial charge in [-0.1, -0.05) is 0 Å². The number of piperidine rings is 1. The number of rotatable bonds is 1. The van der Waals surface area contributed by atoms with Gasteiger partial charge in [-0.15, -0.1) is 0 Å². The molecule has 1 unspecified atom stereocenters. The molecular weight excluding hydrogens is 254 g/mol. The Labute approximate surface area is 115 Å². The van der Waals surface area contributed by atoms with E-state index >= 15 is 0 Å². The van der Waals surface area contributed by atoms with Gasteiger partial charge in [0.2, 0.25) is 11.8 Å². The summed E-state index contributed by atoms with van der Waals surface area (Å²) in [4.78, 5) is 23.1. The van der Waals surface area contributed by atoms with Crippen LogP contribution in [-0.2, 0) is 22.7 Å². The number of hydrogen-bond acceptors (Lipinski definition) is 3. The minimum atomic E-state index is -0.270. The molecule has 5 nitrogen and oxygen atoms in total. The number of benzene rings is 1. The first-order valence-corrected chi connectivity index (χ1v) is 6.88. The Morgan fingerprint density at radius 2 is 1.70 bits per heavy atom. The molecular formula is C15H15N3O2. The van der Waals surface area contributed by atoms with Crippen molar-refractivity contribution in [3.05, 3.63) is 35.7 Å². The summed E-state index contributed by atoms with van der Waals surface area (Å²) < 4.78 is 1.94. The lowest BCUT2D eigenvalue weighted by molar-refractivity contribution is -0.135. The Balaban J connectivity index is 1.74. The van der Waals surface area contributed by atoms with E-state index in [0.29, 0.717) is 12.8 Å². The number of carbonyl (C=O) groups excluding carboxylic acids is 2. The highest BCUT2D eigenvalue weighted by Crippen LogP contribution is 2.27. The molecule has 20 heavy (non-hydrogen) atoms. The van der Waals surface area contributed by atoms with Gasteiger partial charge < -0.3 is 9.88 Å². The normalized spacial score (nSPS) is 22.1. The van der Waals surface area contributed by atoms with Crippen LogP contribution in [0.3, 0.4) is 0 Å². The lowest BCUT2D eigenvalue weighted by atomic mass is 10.1. The molecule has 0 bridgehead atoms. The van der Waals surface area contributed by atoms with Gasteiger partial charge in [0.25, 0.3) is 0 Å². The van der Waals surface area contributed by atoms with Crippen molar-refractivity contribution < 1.29 is 9.59 Å². The molecule has 2 aliphatic heterocycles. The quantitative estimate of drug-likeness (QED) is 0.765. The third-order valence-corrected chi connectivity index (χ3v) is 4.18. The molecule has 0 saturated carbocycles. The van der Waals surface area contributed by atoms with Crippen molar-refractivity contribution in [2.75, 3.05) is 0 Å². The summed E-state index contributed by atoms with van der Waals surface area (Å²) in [5.41, 5.74) is 2.66. The second-order valence-electron chi connectivity index (χ2n) is 5.53. The molecule has 2 aliphatic rings. The number of fused-ring (bicyclic) bond motifs is 2. The maximum Gasteiger partial charge on any atom is 0.249 e. The van der Waals surface area contributed by atoms with Crippen LogP contribution >= 0.6 is 0 Å². The van der Waals surface area contributed by atoms with Crippen molar-refractivity contribution in [3.8, 4) is 0 Å². The molecule has 102 valence electrons. The van der Waals surface area contributed by atoms with E-state index in [1.807, 2.05) is 17.0 Å². The Hall–Kier alpha value is -2.14. The number of imide groups is 1. The van der Waals surface area contributed by atoms with Crippen LogP contribution in [-0.4, -0.2) is 16.4 Å². The molecule has 2 amide bonds. The highest BCUT2D eigenvalue weighted by Gasteiger charge is 2.27. The number of nitrogens with zero attached hydrogens (tertiary/aromatic N) is 1. The molecule has 2 N–H and O–H groups in total. The van der Waals surface area contributed by atoms with E-state index in [0.717, 1.165) is 23.9 Å². The fraction of sp³-hybridized carbons (Fsp3) is 0.333. The SMILES string of the molecule is O=C1CCC(n2cc3cc4c(cc3c2)CNC4)C(=O)N1. The first-order chi connectivity index (χ1) is 9.70. The minimum Gasteiger partial charge on any atom is -0.341 e. The molecule has 1 aromatic heterocycles. The van der Waals surface area contributed by atoms with Gasteiger partial charge in [0.05, 0.1) is 0 Å². The summed E-state index contributed by atoms with van der Waals surface area (Å²) >= 11 is 0.